The summed E-state index contributed by atoms with van der Waals surface area (Å²) in [6, 6.07) is 13.5. The standard InChI is InChI=1S/C19H13BrN4O4/c20-13-5-1-4-12(9-13)18-22-23-19(28-18)21-17(27)11-3-2-6-14(10-11)24-15(25)7-8-16(24)26/h1-6,9-10H,7-8H2,(H,21,23,27). The largest absolute Gasteiger partial charge is 0.403 e. The van der Waals surface area contributed by atoms with Crippen molar-refractivity contribution in [3.63, 3.8) is 0 Å². The average molecular weight is 441 g/mol. The van der Waals surface area contributed by atoms with Crippen LogP contribution >= 0.6 is 15.9 Å². The van der Waals surface area contributed by atoms with Crippen molar-refractivity contribution in [3.05, 3.63) is 58.6 Å². The van der Waals surface area contributed by atoms with Crippen LogP contribution in [0, 0.1) is 0 Å². The maximum atomic E-state index is 12.5. The number of rotatable bonds is 4. The van der Waals surface area contributed by atoms with Crippen LogP contribution < -0.4 is 10.2 Å². The highest BCUT2D eigenvalue weighted by atomic mass is 79.9. The molecule has 0 aliphatic carbocycles. The number of nitrogens with zero attached hydrogens (tertiary/aromatic N) is 3. The van der Waals surface area contributed by atoms with Crippen molar-refractivity contribution in [3.8, 4) is 11.5 Å². The molecule has 1 aromatic heterocycles. The second kappa shape index (κ2) is 7.35. The number of carbonyl (C=O) groups is 3. The van der Waals surface area contributed by atoms with Gasteiger partial charge in [0.1, 0.15) is 0 Å². The fourth-order valence-corrected chi connectivity index (χ4v) is 3.23. The number of carbonyl (C=O) groups excluding carboxylic acids is 3. The predicted octanol–water partition coefficient (Wildman–Crippen LogP) is 3.40. The zero-order valence-corrected chi connectivity index (χ0v) is 16.0. The van der Waals surface area contributed by atoms with Gasteiger partial charge in [0.15, 0.2) is 0 Å². The number of hydrogen-bond acceptors (Lipinski definition) is 6. The van der Waals surface area contributed by atoms with Crippen LogP contribution in [-0.2, 0) is 9.59 Å². The summed E-state index contributed by atoms with van der Waals surface area (Å²) in [7, 11) is 0. The molecular weight excluding hydrogens is 428 g/mol. The first kappa shape index (κ1) is 18.1. The third kappa shape index (κ3) is 3.56. The molecule has 0 bridgehead atoms. The molecule has 0 saturated carbocycles. The molecular formula is C19H13BrN4O4. The second-order valence-electron chi connectivity index (χ2n) is 6.05. The zero-order chi connectivity index (χ0) is 19.7. The van der Waals surface area contributed by atoms with E-state index in [1.807, 2.05) is 18.2 Å². The number of anilines is 2. The number of aromatic nitrogens is 2. The Morgan fingerprint density at radius 1 is 1.04 bits per heavy atom. The smallest absolute Gasteiger partial charge is 0.322 e. The first-order chi connectivity index (χ1) is 13.5. The monoisotopic (exact) mass is 440 g/mol. The van der Waals surface area contributed by atoms with Gasteiger partial charge in [-0.2, -0.15) is 0 Å². The summed E-state index contributed by atoms with van der Waals surface area (Å²) in [5, 5.41) is 10.3. The number of imide groups is 1. The van der Waals surface area contributed by atoms with Gasteiger partial charge in [-0.3, -0.25) is 24.6 Å². The Bertz CT molecular complexity index is 1080. The van der Waals surface area contributed by atoms with Crippen molar-refractivity contribution >= 4 is 45.4 Å². The van der Waals surface area contributed by atoms with Gasteiger partial charge in [0.25, 0.3) is 5.91 Å². The topological polar surface area (TPSA) is 105 Å². The normalized spacial score (nSPS) is 13.8. The lowest BCUT2D eigenvalue weighted by molar-refractivity contribution is -0.121. The van der Waals surface area contributed by atoms with Crippen LogP contribution in [0.2, 0.25) is 0 Å². The minimum absolute atomic E-state index is 0.0568. The van der Waals surface area contributed by atoms with E-state index in [0.29, 0.717) is 11.3 Å². The molecule has 1 fully saturated rings. The second-order valence-corrected chi connectivity index (χ2v) is 6.97. The van der Waals surface area contributed by atoms with E-state index in [2.05, 4.69) is 31.4 Å². The van der Waals surface area contributed by atoms with Gasteiger partial charge in [0.2, 0.25) is 17.7 Å². The summed E-state index contributed by atoms with van der Waals surface area (Å²) in [4.78, 5) is 37.4. The van der Waals surface area contributed by atoms with E-state index in [-0.39, 0.29) is 42.1 Å². The van der Waals surface area contributed by atoms with Crippen molar-refractivity contribution in [2.24, 2.45) is 0 Å². The number of hydrogen-bond donors (Lipinski definition) is 1. The van der Waals surface area contributed by atoms with Crippen LogP contribution in [0.5, 0.6) is 0 Å². The first-order valence-electron chi connectivity index (χ1n) is 8.38. The molecule has 1 saturated heterocycles. The fourth-order valence-electron chi connectivity index (χ4n) is 2.83. The van der Waals surface area contributed by atoms with Crippen molar-refractivity contribution in [2.45, 2.75) is 12.8 Å². The van der Waals surface area contributed by atoms with Gasteiger partial charge < -0.3 is 4.42 Å². The quantitative estimate of drug-likeness (QED) is 0.623. The van der Waals surface area contributed by atoms with E-state index in [1.54, 1.807) is 24.3 Å². The molecule has 0 unspecified atom stereocenters. The van der Waals surface area contributed by atoms with Crippen LogP contribution in [0.3, 0.4) is 0 Å². The lowest BCUT2D eigenvalue weighted by atomic mass is 10.2. The molecule has 8 nitrogen and oxygen atoms in total. The molecule has 140 valence electrons. The van der Waals surface area contributed by atoms with Crippen LogP contribution in [0.1, 0.15) is 23.2 Å². The minimum atomic E-state index is -0.495. The van der Waals surface area contributed by atoms with E-state index in [9.17, 15) is 14.4 Å². The molecule has 2 aromatic carbocycles. The highest BCUT2D eigenvalue weighted by Crippen LogP contribution is 2.25. The summed E-state index contributed by atoms with van der Waals surface area (Å²) in [5.41, 5.74) is 1.32. The van der Waals surface area contributed by atoms with E-state index < -0.39 is 5.91 Å². The van der Waals surface area contributed by atoms with Crippen LogP contribution in [-0.4, -0.2) is 27.9 Å². The van der Waals surface area contributed by atoms with E-state index >= 15 is 0 Å². The molecule has 1 aliphatic rings. The lowest BCUT2D eigenvalue weighted by Crippen LogP contribution is -2.28. The van der Waals surface area contributed by atoms with Crippen LogP contribution in [0.15, 0.2) is 57.4 Å². The number of amides is 3. The molecule has 0 radical (unpaired) electrons. The SMILES string of the molecule is O=C(Nc1nnc(-c2cccc(Br)c2)o1)c1cccc(N2C(=O)CCC2=O)c1. The highest BCUT2D eigenvalue weighted by molar-refractivity contribution is 9.10. The highest BCUT2D eigenvalue weighted by Gasteiger charge is 2.30. The Hall–Kier alpha value is -3.33. The molecule has 3 aromatic rings. The Kier molecular flexibility index (Phi) is 4.74. The first-order valence-corrected chi connectivity index (χ1v) is 9.17. The Labute approximate surface area is 167 Å². The summed E-state index contributed by atoms with van der Waals surface area (Å²) in [6.45, 7) is 0. The zero-order valence-electron chi connectivity index (χ0n) is 14.4. The van der Waals surface area contributed by atoms with Gasteiger partial charge in [-0.05, 0) is 36.4 Å². The summed E-state index contributed by atoms with van der Waals surface area (Å²) in [5.74, 6) is -0.791. The van der Waals surface area contributed by atoms with E-state index in [1.165, 1.54) is 6.07 Å². The Morgan fingerprint density at radius 3 is 2.54 bits per heavy atom. The Morgan fingerprint density at radius 2 is 1.79 bits per heavy atom. The summed E-state index contributed by atoms with van der Waals surface area (Å²) in [6.07, 6.45) is 0.352. The van der Waals surface area contributed by atoms with Gasteiger partial charge in [0.05, 0.1) is 5.69 Å². The maximum absolute atomic E-state index is 12.5. The van der Waals surface area contributed by atoms with Gasteiger partial charge in [0, 0.05) is 28.4 Å². The molecule has 28 heavy (non-hydrogen) atoms. The molecule has 0 spiro atoms. The Balaban J connectivity index is 1.52. The molecule has 2 heterocycles. The van der Waals surface area contributed by atoms with Gasteiger partial charge in [-0.1, -0.05) is 33.2 Å². The van der Waals surface area contributed by atoms with Crippen molar-refractivity contribution in [2.75, 3.05) is 10.2 Å². The third-order valence-corrected chi connectivity index (χ3v) is 4.63. The van der Waals surface area contributed by atoms with Crippen LogP contribution in [0.4, 0.5) is 11.7 Å². The summed E-state index contributed by atoms with van der Waals surface area (Å²) < 4.78 is 6.35. The molecule has 0 atom stereocenters. The lowest BCUT2D eigenvalue weighted by Gasteiger charge is -2.14. The van der Waals surface area contributed by atoms with E-state index in [0.717, 1.165) is 9.37 Å². The number of benzene rings is 2. The summed E-state index contributed by atoms with van der Waals surface area (Å²) >= 11 is 3.37. The van der Waals surface area contributed by atoms with Crippen molar-refractivity contribution in [1.29, 1.82) is 0 Å². The van der Waals surface area contributed by atoms with Gasteiger partial charge >= 0.3 is 6.01 Å². The minimum Gasteiger partial charge on any atom is -0.403 e. The van der Waals surface area contributed by atoms with Crippen molar-refractivity contribution in [1.82, 2.24) is 10.2 Å². The molecule has 4 rings (SSSR count). The predicted molar refractivity (Wildman–Crippen MR) is 104 cm³/mol. The average Bonchev–Trinajstić information content (AvgIpc) is 3.28. The molecule has 9 heteroatoms. The number of halogens is 1. The van der Waals surface area contributed by atoms with Crippen LogP contribution in [0.25, 0.3) is 11.5 Å². The molecule has 1 N–H and O–H groups in total. The molecule has 3 amide bonds. The van der Waals surface area contributed by atoms with E-state index in [4.69, 9.17) is 4.42 Å². The van der Waals surface area contributed by atoms with Gasteiger partial charge in [-0.25, -0.2) is 0 Å². The third-order valence-electron chi connectivity index (χ3n) is 4.14. The van der Waals surface area contributed by atoms with Gasteiger partial charge in [-0.15, -0.1) is 5.10 Å². The molecule has 1 aliphatic heterocycles. The maximum Gasteiger partial charge on any atom is 0.322 e. The number of nitrogens with one attached hydrogen (secondary N) is 1. The fraction of sp³-hybridized carbons (Fsp3) is 0.105. The van der Waals surface area contributed by atoms with Crippen molar-refractivity contribution < 1.29 is 18.8 Å².